The summed E-state index contributed by atoms with van der Waals surface area (Å²) in [6, 6.07) is 17.2. The number of carbonyl (C=O) groups excluding carboxylic acids is 1. The molecule has 3 aromatic rings. The summed E-state index contributed by atoms with van der Waals surface area (Å²) in [7, 11) is 0. The third-order valence-corrected chi connectivity index (χ3v) is 3.73. The largest absolute Gasteiger partial charge is 0.329 e. The fraction of sp³-hybridized carbons (Fsp3) is 0.100. The zero-order valence-corrected chi connectivity index (χ0v) is 13.4. The number of hydrogen-bond acceptors (Lipinski definition) is 2. The average molecular weight is 317 g/mol. The van der Waals surface area contributed by atoms with Crippen LogP contribution in [0, 0.1) is 0 Å². The Morgan fingerprint density at radius 2 is 1.83 bits per heavy atom. The van der Waals surface area contributed by atoms with Crippen molar-refractivity contribution in [2.75, 3.05) is 6.54 Å². The summed E-state index contributed by atoms with van der Waals surface area (Å²) < 4.78 is 2.00. The van der Waals surface area contributed by atoms with Crippen molar-refractivity contribution in [1.29, 1.82) is 0 Å². The van der Waals surface area contributed by atoms with E-state index >= 15 is 0 Å². The molecule has 0 spiro atoms. The summed E-state index contributed by atoms with van der Waals surface area (Å²) in [4.78, 5) is 18.8. The molecule has 0 radical (unpaired) electrons. The van der Waals surface area contributed by atoms with Gasteiger partial charge in [0, 0.05) is 36.4 Å². The van der Waals surface area contributed by atoms with Gasteiger partial charge in [-0.2, -0.15) is 0 Å². The Labute approximate surface area is 141 Å². The average Bonchev–Trinajstić information content (AvgIpc) is 3.16. The first-order valence-corrected chi connectivity index (χ1v) is 7.81. The SMILES string of the molecule is C=CCN(Cc1ccccn1)C(=O)c1ccc(-n2cccc2)cc1. The fourth-order valence-corrected chi connectivity index (χ4v) is 2.53. The Morgan fingerprint density at radius 3 is 2.46 bits per heavy atom. The second kappa shape index (κ2) is 7.42. The molecule has 4 nitrogen and oxygen atoms in total. The number of rotatable bonds is 6. The maximum absolute atomic E-state index is 12.8. The molecule has 0 saturated carbocycles. The first-order valence-electron chi connectivity index (χ1n) is 7.81. The van der Waals surface area contributed by atoms with Gasteiger partial charge in [-0.25, -0.2) is 0 Å². The van der Waals surface area contributed by atoms with E-state index in [1.807, 2.05) is 71.6 Å². The highest BCUT2D eigenvalue weighted by molar-refractivity contribution is 5.94. The molecule has 0 N–H and O–H groups in total. The molecule has 1 amide bonds. The van der Waals surface area contributed by atoms with E-state index < -0.39 is 0 Å². The predicted molar refractivity (Wildman–Crippen MR) is 94.9 cm³/mol. The molecule has 2 aromatic heterocycles. The van der Waals surface area contributed by atoms with E-state index in [2.05, 4.69) is 11.6 Å². The van der Waals surface area contributed by atoms with Crippen LogP contribution in [0.3, 0.4) is 0 Å². The van der Waals surface area contributed by atoms with Crippen LogP contribution in [0.25, 0.3) is 5.69 Å². The predicted octanol–water partition coefficient (Wildman–Crippen LogP) is 3.70. The molecule has 3 rings (SSSR count). The Balaban J connectivity index is 1.78. The van der Waals surface area contributed by atoms with Crippen LogP contribution < -0.4 is 0 Å². The molecule has 0 aliphatic rings. The van der Waals surface area contributed by atoms with Gasteiger partial charge in [0.1, 0.15) is 0 Å². The van der Waals surface area contributed by atoms with E-state index in [1.165, 1.54) is 0 Å². The van der Waals surface area contributed by atoms with Crippen molar-refractivity contribution in [3.63, 3.8) is 0 Å². The lowest BCUT2D eigenvalue weighted by Crippen LogP contribution is -2.31. The lowest BCUT2D eigenvalue weighted by molar-refractivity contribution is 0.0761. The standard InChI is InChI=1S/C20H19N3O/c1-2-13-23(16-18-7-3-4-12-21-18)20(24)17-8-10-19(11-9-17)22-14-5-6-15-22/h2-12,14-15H,1,13,16H2. The fourth-order valence-electron chi connectivity index (χ4n) is 2.53. The number of nitrogens with zero attached hydrogens (tertiary/aromatic N) is 3. The van der Waals surface area contributed by atoms with Crippen LogP contribution in [0.2, 0.25) is 0 Å². The molecular weight excluding hydrogens is 298 g/mol. The first-order chi connectivity index (χ1) is 11.8. The Kier molecular flexibility index (Phi) is 4.87. The van der Waals surface area contributed by atoms with Crippen molar-refractivity contribution in [2.45, 2.75) is 6.54 Å². The van der Waals surface area contributed by atoms with Crippen molar-refractivity contribution >= 4 is 5.91 Å². The zero-order chi connectivity index (χ0) is 16.8. The van der Waals surface area contributed by atoms with E-state index in [-0.39, 0.29) is 5.91 Å². The van der Waals surface area contributed by atoms with Gasteiger partial charge < -0.3 is 9.47 Å². The summed E-state index contributed by atoms with van der Waals surface area (Å²) in [5, 5.41) is 0. The summed E-state index contributed by atoms with van der Waals surface area (Å²) in [5.74, 6) is -0.0281. The molecule has 0 saturated heterocycles. The number of carbonyl (C=O) groups is 1. The van der Waals surface area contributed by atoms with Crippen LogP contribution in [0.4, 0.5) is 0 Å². The van der Waals surface area contributed by atoms with Crippen LogP contribution in [0.1, 0.15) is 16.1 Å². The molecule has 4 heteroatoms. The second-order valence-electron chi connectivity index (χ2n) is 5.43. The van der Waals surface area contributed by atoms with Gasteiger partial charge >= 0.3 is 0 Å². The highest BCUT2D eigenvalue weighted by Crippen LogP contribution is 2.13. The smallest absolute Gasteiger partial charge is 0.254 e. The molecule has 0 aliphatic heterocycles. The molecule has 0 unspecified atom stereocenters. The van der Waals surface area contributed by atoms with E-state index in [4.69, 9.17) is 0 Å². The highest BCUT2D eigenvalue weighted by atomic mass is 16.2. The highest BCUT2D eigenvalue weighted by Gasteiger charge is 2.15. The van der Waals surface area contributed by atoms with Crippen LogP contribution in [0.5, 0.6) is 0 Å². The molecule has 0 atom stereocenters. The van der Waals surface area contributed by atoms with Crippen molar-refractivity contribution in [3.05, 3.63) is 97.1 Å². The van der Waals surface area contributed by atoms with Crippen molar-refractivity contribution in [1.82, 2.24) is 14.5 Å². The Bertz CT molecular complexity index is 793. The van der Waals surface area contributed by atoms with Gasteiger partial charge in [-0.1, -0.05) is 12.1 Å². The molecule has 2 heterocycles. The first kappa shape index (κ1) is 15.7. The van der Waals surface area contributed by atoms with E-state index in [1.54, 1.807) is 17.2 Å². The number of hydrogen-bond donors (Lipinski definition) is 0. The molecular formula is C20H19N3O. The minimum atomic E-state index is -0.0281. The van der Waals surface area contributed by atoms with Gasteiger partial charge in [0.05, 0.1) is 12.2 Å². The third-order valence-electron chi connectivity index (χ3n) is 3.73. The number of benzene rings is 1. The van der Waals surface area contributed by atoms with Gasteiger partial charge in [-0.3, -0.25) is 9.78 Å². The summed E-state index contributed by atoms with van der Waals surface area (Å²) in [6.45, 7) is 4.69. The lowest BCUT2D eigenvalue weighted by atomic mass is 10.1. The number of amides is 1. The van der Waals surface area contributed by atoms with Crippen LogP contribution >= 0.6 is 0 Å². The molecule has 0 fully saturated rings. The minimum Gasteiger partial charge on any atom is -0.329 e. The maximum Gasteiger partial charge on any atom is 0.254 e. The van der Waals surface area contributed by atoms with E-state index in [0.29, 0.717) is 18.7 Å². The van der Waals surface area contributed by atoms with Gasteiger partial charge in [0.2, 0.25) is 0 Å². The van der Waals surface area contributed by atoms with E-state index in [9.17, 15) is 4.79 Å². The molecule has 24 heavy (non-hydrogen) atoms. The van der Waals surface area contributed by atoms with Gasteiger partial charge in [-0.05, 0) is 48.5 Å². The molecule has 1 aromatic carbocycles. The summed E-state index contributed by atoms with van der Waals surface area (Å²) in [5.41, 5.74) is 2.54. The van der Waals surface area contributed by atoms with Gasteiger partial charge in [0.15, 0.2) is 0 Å². The normalized spacial score (nSPS) is 10.3. The molecule has 0 bridgehead atoms. The number of aromatic nitrogens is 2. The molecule has 120 valence electrons. The summed E-state index contributed by atoms with van der Waals surface area (Å²) in [6.07, 6.45) is 7.41. The van der Waals surface area contributed by atoms with Crippen LogP contribution in [0.15, 0.2) is 85.8 Å². The Hall–Kier alpha value is -3.14. The number of pyridine rings is 1. The minimum absolute atomic E-state index is 0.0281. The zero-order valence-electron chi connectivity index (χ0n) is 13.4. The maximum atomic E-state index is 12.8. The van der Waals surface area contributed by atoms with Crippen molar-refractivity contribution in [2.24, 2.45) is 0 Å². The monoisotopic (exact) mass is 317 g/mol. The molecule has 0 aliphatic carbocycles. The lowest BCUT2D eigenvalue weighted by Gasteiger charge is -2.21. The third kappa shape index (κ3) is 3.60. The van der Waals surface area contributed by atoms with Crippen LogP contribution in [-0.4, -0.2) is 26.9 Å². The second-order valence-corrected chi connectivity index (χ2v) is 5.43. The summed E-state index contributed by atoms with van der Waals surface area (Å²) >= 11 is 0. The Morgan fingerprint density at radius 1 is 1.08 bits per heavy atom. The van der Waals surface area contributed by atoms with Crippen molar-refractivity contribution in [3.8, 4) is 5.69 Å². The quantitative estimate of drug-likeness (QED) is 0.650. The van der Waals surface area contributed by atoms with Gasteiger partial charge in [0.25, 0.3) is 5.91 Å². The topological polar surface area (TPSA) is 38.1 Å². The van der Waals surface area contributed by atoms with Crippen LogP contribution in [-0.2, 0) is 6.54 Å². The van der Waals surface area contributed by atoms with Gasteiger partial charge in [-0.15, -0.1) is 6.58 Å². The van der Waals surface area contributed by atoms with E-state index in [0.717, 1.165) is 11.4 Å². The van der Waals surface area contributed by atoms with Crippen molar-refractivity contribution < 1.29 is 4.79 Å².